The SMILES string of the molecule is C=C1C=C(CC(O)CCC)[CH+]C(C(F)(F)F)=C1. The Labute approximate surface area is 99.3 Å². The van der Waals surface area contributed by atoms with Gasteiger partial charge in [-0.3, -0.25) is 0 Å². The first kappa shape index (κ1) is 13.9. The molecule has 0 aromatic heterocycles. The highest BCUT2D eigenvalue weighted by atomic mass is 19.4. The number of hydrogen-bond donors (Lipinski definition) is 1. The van der Waals surface area contributed by atoms with E-state index in [9.17, 15) is 18.3 Å². The Balaban J connectivity index is 2.69. The molecule has 1 aliphatic carbocycles. The first-order chi connectivity index (χ1) is 7.82. The molecule has 0 aromatic carbocycles. The zero-order valence-electron chi connectivity index (χ0n) is 9.72. The van der Waals surface area contributed by atoms with E-state index in [2.05, 4.69) is 6.58 Å². The Kier molecular flexibility index (Phi) is 4.46. The van der Waals surface area contributed by atoms with E-state index in [0.29, 0.717) is 17.6 Å². The maximum atomic E-state index is 12.5. The van der Waals surface area contributed by atoms with E-state index < -0.39 is 17.9 Å². The van der Waals surface area contributed by atoms with Crippen LogP contribution in [0.2, 0.25) is 0 Å². The third-order valence-electron chi connectivity index (χ3n) is 2.47. The number of halogens is 3. The monoisotopic (exact) mass is 245 g/mol. The molecule has 0 saturated carbocycles. The Morgan fingerprint density at radius 1 is 1.41 bits per heavy atom. The van der Waals surface area contributed by atoms with Gasteiger partial charge in [0, 0.05) is 12.5 Å². The van der Waals surface area contributed by atoms with Gasteiger partial charge in [-0.1, -0.05) is 19.9 Å². The van der Waals surface area contributed by atoms with Crippen LogP contribution >= 0.6 is 0 Å². The van der Waals surface area contributed by atoms with Crippen LogP contribution in [0.5, 0.6) is 0 Å². The molecule has 0 saturated heterocycles. The number of alkyl halides is 3. The highest BCUT2D eigenvalue weighted by Crippen LogP contribution is 2.35. The molecule has 94 valence electrons. The van der Waals surface area contributed by atoms with Crippen LogP contribution in [0.1, 0.15) is 26.2 Å². The molecule has 0 aromatic rings. The molecule has 4 heteroatoms. The molecule has 0 fully saturated rings. The van der Waals surface area contributed by atoms with Gasteiger partial charge in [0.05, 0.1) is 29.7 Å². The van der Waals surface area contributed by atoms with E-state index in [4.69, 9.17) is 0 Å². The van der Waals surface area contributed by atoms with Crippen molar-refractivity contribution in [2.45, 2.75) is 38.5 Å². The van der Waals surface area contributed by atoms with Crippen molar-refractivity contribution in [1.29, 1.82) is 0 Å². The highest BCUT2D eigenvalue weighted by Gasteiger charge is 2.40. The molecule has 1 unspecified atom stereocenters. The van der Waals surface area contributed by atoms with Gasteiger partial charge in [0.25, 0.3) is 0 Å². The third-order valence-corrected chi connectivity index (χ3v) is 2.47. The summed E-state index contributed by atoms with van der Waals surface area (Å²) in [5.41, 5.74) is 0.0907. The maximum absolute atomic E-state index is 12.5. The van der Waals surface area contributed by atoms with Gasteiger partial charge in [0.15, 0.2) is 5.57 Å². The topological polar surface area (TPSA) is 20.2 Å². The summed E-state index contributed by atoms with van der Waals surface area (Å²) < 4.78 is 37.6. The number of aliphatic hydroxyl groups is 1. The van der Waals surface area contributed by atoms with E-state index in [1.807, 2.05) is 6.92 Å². The molecule has 0 amide bonds. The molecule has 17 heavy (non-hydrogen) atoms. The smallest absolute Gasteiger partial charge is 0.393 e. The number of aliphatic hydroxyl groups excluding tert-OH is 1. The van der Waals surface area contributed by atoms with E-state index >= 15 is 0 Å². The van der Waals surface area contributed by atoms with Crippen molar-refractivity contribution in [2.24, 2.45) is 0 Å². The normalized spacial score (nSPS) is 18.3. The lowest BCUT2D eigenvalue weighted by molar-refractivity contribution is -0.0897. The summed E-state index contributed by atoms with van der Waals surface area (Å²) >= 11 is 0. The molecule has 1 aliphatic rings. The number of allylic oxidation sites excluding steroid dienone is 4. The number of hydrogen-bond acceptors (Lipinski definition) is 1. The lowest BCUT2D eigenvalue weighted by Gasteiger charge is -2.14. The third kappa shape index (κ3) is 4.30. The van der Waals surface area contributed by atoms with E-state index in [1.165, 1.54) is 0 Å². The Hall–Kier alpha value is -1.16. The largest absolute Gasteiger partial charge is 0.441 e. The van der Waals surface area contributed by atoms with E-state index in [0.717, 1.165) is 18.9 Å². The zero-order chi connectivity index (χ0) is 13.1. The molecule has 1 rings (SSSR count). The molecule has 0 aliphatic heterocycles. The molecule has 0 heterocycles. The van der Waals surface area contributed by atoms with Gasteiger partial charge >= 0.3 is 6.18 Å². The van der Waals surface area contributed by atoms with Crippen LogP contribution in [-0.2, 0) is 0 Å². The van der Waals surface area contributed by atoms with Crippen molar-refractivity contribution in [3.05, 3.63) is 41.9 Å². The van der Waals surface area contributed by atoms with Crippen LogP contribution in [0, 0.1) is 6.42 Å². The fraction of sp³-hybridized carbons (Fsp3) is 0.462. The molecule has 1 nitrogen and oxygen atoms in total. The van der Waals surface area contributed by atoms with Crippen molar-refractivity contribution >= 4 is 0 Å². The quantitative estimate of drug-likeness (QED) is 0.748. The summed E-state index contributed by atoms with van der Waals surface area (Å²) in [5.74, 6) is 0. The maximum Gasteiger partial charge on any atom is 0.441 e. The van der Waals surface area contributed by atoms with Crippen molar-refractivity contribution < 1.29 is 18.3 Å². The van der Waals surface area contributed by atoms with Gasteiger partial charge in [-0.15, -0.1) is 0 Å². The summed E-state index contributed by atoms with van der Waals surface area (Å²) in [5, 5.41) is 9.59. The van der Waals surface area contributed by atoms with Gasteiger partial charge in [0.1, 0.15) is 0 Å². The van der Waals surface area contributed by atoms with Crippen molar-refractivity contribution in [3.8, 4) is 0 Å². The molecular formula is C13H16F3O+. The molecule has 0 spiro atoms. The van der Waals surface area contributed by atoms with Crippen LogP contribution in [-0.4, -0.2) is 17.4 Å². The summed E-state index contributed by atoms with van der Waals surface area (Å²) in [6.07, 6.45) is 0.332. The van der Waals surface area contributed by atoms with Crippen LogP contribution < -0.4 is 0 Å². The minimum Gasteiger partial charge on any atom is -0.393 e. The molecule has 1 N–H and O–H groups in total. The minimum atomic E-state index is -4.36. The molecular weight excluding hydrogens is 229 g/mol. The fourth-order valence-corrected chi connectivity index (χ4v) is 1.75. The van der Waals surface area contributed by atoms with Crippen molar-refractivity contribution in [2.75, 3.05) is 0 Å². The standard InChI is InChI=1S/C13H16F3O/c1-3-4-12(17)8-10-5-9(2)6-11(7-10)13(14,15)16/h5-7,12,17H,2-4,8H2,1H3/q+1. The fourth-order valence-electron chi connectivity index (χ4n) is 1.75. The second kappa shape index (κ2) is 5.45. The summed E-state index contributed by atoms with van der Waals surface area (Å²) in [6.45, 7) is 5.45. The highest BCUT2D eigenvalue weighted by molar-refractivity contribution is 5.48. The van der Waals surface area contributed by atoms with Crippen LogP contribution in [0.4, 0.5) is 13.2 Å². The molecule has 0 radical (unpaired) electrons. The van der Waals surface area contributed by atoms with E-state index in [1.54, 1.807) is 6.08 Å². The van der Waals surface area contributed by atoms with Gasteiger partial charge in [-0.05, 0) is 6.42 Å². The molecule has 1 atom stereocenters. The lowest BCUT2D eigenvalue weighted by atomic mass is 9.91. The Morgan fingerprint density at radius 3 is 2.59 bits per heavy atom. The van der Waals surface area contributed by atoms with Crippen LogP contribution in [0.25, 0.3) is 0 Å². The predicted octanol–water partition coefficient (Wildman–Crippen LogP) is 3.73. The van der Waals surface area contributed by atoms with Gasteiger partial charge in [-0.25, -0.2) is 0 Å². The van der Waals surface area contributed by atoms with Crippen molar-refractivity contribution in [3.63, 3.8) is 0 Å². The van der Waals surface area contributed by atoms with Gasteiger partial charge in [-0.2, -0.15) is 13.2 Å². The summed E-state index contributed by atoms with van der Waals surface area (Å²) in [4.78, 5) is 0. The zero-order valence-corrected chi connectivity index (χ0v) is 9.72. The minimum absolute atomic E-state index is 0.236. The second-order valence-corrected chi connectivity index (χ2v) is 4.18. The Bertz CT molecular complexity index is 350. The lowest BCUT2D eigenvalue weighted by Crippen LogP contribution is -2.17. The second-order valence-electron chi connectivity index (χ2n) is 4.18. The van der Waals surface area contributed by atoms with Crippen LogP contribution in [0.15, 0.2) is 35.5 Å². The Morgan fingerprint density at radius 2 is 2.06 bits per heavy atom. The van der Waals surface area contributed by atoms with Crippen LogP contribution in [0.3, 0.4) is 0 Å². The molecule has 0 bridgehead atoms. The van der Waals surface area contributed by atoms with Crippen molar-refractivity contribution in [1.82, 2.24) is 0 Å². The average molecular weight is 245 g/mol. The summed E-state index contributed by atoms with van der Waals surface area (Å²) in [7, 11) is 0. The first-order valence-corrected chi connectivity index (χ1v) is 5.54. The van der Waals surface area contributed by atoms with Gasteiger partial charge < -0.3 is 5.11 Å². The van der Waals surface area contributed by atoms with E-state index in [-0.39, 0.29) is 6.42 Å². The average Bonchev–Trinajstić information content (AvgIpc) is 2.15. The predicted molar refractivity (Wildman–Crippen MR) is 61.2 cm³/mol. The summed E-state index contributed by atoms with van der Waals surface area (Å²) in [6, 6.07) is 0. The van der Waals surface area contributed by atoms with Gasteiger partial charge in [0.2, 0.25) is 0 Å². The number of rotatable bonds is 4. The first-order valence-electron chi connectivity index (χ1n) is 5.54.